The van der Waals surface area contributed by atoms with E-state index in [1.54, 1.807) is 18.2 Å². The molecule has 2 aromatic rings. The van der Waals surface area contributed by atoms with Gasteiger partial charge in [-0.3, -0.25) is 9.59 Å². The third-order valence-electron chi connectivity index (χ3n) is 5.59. The number of rotatable bonds is 6. The van der Waals surface area contributed by atoms with Gasteiger partial charge in [0.15, 0.2) is 5.79 Å². The number of ether oxygens (including phenoxy) is 3. The average molecular weight is 424 g/mol. The molecule has 2 heterocycles. The van der Waals surface area contributed by atoms with Gasteiger partial charge in [0.2, 0.25) is 0 Å². The fraction of sp³-hybridized carbons (Fsp3) is 0.417. The van der Waals surface area contributed by atoms with Crippen LogP contribution < -0.4 is 10.6 Å². The number of aryl methyl sites for hydroxylation is 1. The molecule has 0 aromatic heterocycles. The summed E-state index contributed by atoms with van der Waals surface area (Å²) in [6.07, 6.45) is -0.805. The molecule has 0 spiro atoms. The number of benzene rings is 2. The maximum Gasteiger partial charge on any atom is 0.251 e. The molecule has 7 nitrogen and oxygen atoms in total. The molecule has 2 aliphatic rings. The quantitative estimate of drug-likeness (QED) is 0.744. The molecular formula is C24H28N2O5. The monoisotopic (exact) mass is 424 g/mol. The van der Waals surface area contributed by atoms with E-state index >= 15 is 0 Å². The number of carbonyl (C=O) groups is 2. The summed E-state index contributed by atoms with van der Waals surface area (Å²) < 4.78 is 18.3. The minimum atomic E-state index is -0.815. The molecule has 164 valence electrons. The number of nitrogens with one attached hydrogen (secondary N) is 2. The van der Waals surface area contributed by atoms with Gasteiger partial charge in [0.25, 0.3) is 11.8 Å². The van der Waals surface area contributed by atoms with Gasteiger partial charge in [-0.1, -0.05) is 35.9 Å². The third kappa shape index (κ3) is 4.63. The van der Waals surface area contributed by atoms with Gasteiger partial charge >= 0.3 is 0 Å². The van der Waals surface area contributed by atoms with E-state index in [-0.39, 0.29) is 37.6 Å². The first-order valence-corrected chi connectivity index (χ1v) is 10.5. The fourth-order valence-corrected chi connectivity index (χ4v) is 4.20. The van der Waals surface area contributed by atoms with Crippen molar-refractivity contribution in [2.24, 2.45) is 0 Å². The van der Waals surface area contributed by atoms with Crippen molar-refractivity contribution in [1.82, 2.24) is 10.6 Å². The Morgan fingerprint density at radius 3 is 2.45 bits per heavy atom. The van der Waals surface area contributed by atoms with Crippen LogP contribution in [0.4, 0.5) is 0 Å². The van der Waals surface area contributed by atoms with E-state index in [1.807, 2.05) is 57.2 Å². The van der Waals surface area contributed by atoms with Crippen molar-refractivity contribution in [3.05, 3.63) is 71.3 Å². The lowest BCUT2D eigenvalue weighted by atomic mass is 9.96. The second-order valence-electron chi connectivity index (χ2n) is 8.58. The molecule has 0 aliphatic carbocycles. The minimum absolute atomic E-state index is 0.166. The highest BCUT2D eigenvalue weighted by molar-refractivity contribution is 5.94. The van der Waals surface area contributed by atoms with Crippen molar-refractivity contribution in [3.63, 3.8) is 0 Å². The second kappa shape index (κ2) is 8.42. The second-order valence-corrected chi connectivity index (χ2v) is 8.58. The molecule has 31 heavy (non-hydrogen) atoms. The molecule has 4 rings (SSSR count). The molecule has 2 aromatic carbocycles. The van der Waals surface area contributed by atoms with Crippen LogP contribution in [-0.2, 0) is 14.2 Å². The Morgan fingerprint density at radius 1 is 1.00 bits per heavy atom. The lowest BCUT2D eigenvalue weighted by Crippen LogP contribution is -2.52. The average Bonchev–Trinajstić information content (AvgIpc) is 3.21. The van der Waals surface area contributed by atoms with Gasteiger partial charge in [-0.2, -0.15) is 0 Å². The Morgan fingerprint density at radius 2 is 1.71 bits per heavy atom. The van der Waals surface area contributed by atoms with Crippen LogP contribution in [0, 0.1) is 6.92 Å². The Hall–Kier alpha value is -2.74. The predicted octanol–water partition coefficient (Wildman–Crippen LogP) is 2.44. The van der Waals surface area contributed by atoms with E-state index in [0.717, 1.165) is 5.56 Å². The normalized spacial score (nSPS) is 26.3. The maximum absolute atomic E-state index is 12.5. The number of hydrogen-bond donors (Lipinski definition) is 2. The van der Waals surface area contributed by atoms with Gasteiger partial charge in [-0.25, -0.2) is 0 Å². The van der Waals surface area contributed by atoms with Gasteiger partial charge in [-0.15, -0.1) is 0 Å². The van der Waals surface area contributed by atoms with Gasteiger partial charge < -0.3 is 24.8 Å². The van der Waals surface area contributed by atoms with Crippen LogP contribution in [0.1, 0.15) is 40.1 Å². The molecule has 2 fully saturated rings. The third-order valence-corrected chi connectivity index (χ3v) is 5.59. The van der Waals surface area contributed by atoms with E-state index in [2.05, 4.69) is 10.6 Å². The highest BCUT2D eigenvalue weighted by Crippen LogP contribution is 2.43. The molecule has 2 saturated heterocycles. The zero-order chi connectivity index (χ0) is 22.1. The summed E-state index contributed by atoms with van der Waals surface area (Å²) >= 11 is 0. The van der Waals surface area contributed by atoms with Gasteiger partial charge in [0.05, 0.1) is 13.2 Å². The Labute approximate surface area is 182 Å². The van der Waals surface area contributed by atoms with Crippen molar-refractivity contribution >= 4 is 11.8 Å². The maximum atomic E-state index is 12.5. The standard InChI is InChI=1S/C24H28N2O5/c1-16-8-7-11-18(12-16)22(28)25-13-19-20-24(15-29-19,31-23(2,3)30-20)14-26-21(27)17-9-5-4-6-10-17/h4-12,19-20H,13-15H2,1-3H3,(H,25,28)(H,26,27)/t19-,20-,24+/m1/s1. The summed E-state index contributed by atoms with van der Waals surface area (Å²) in [4.78, 5) is 25.1. The van der Waals surface area contributed by atoms with Crippen LogP contribution >= 0.6 is 0 Å². The van der Waals surface area contributed by atoms with Crippen LogP contribution in [0.15, 0.2) is 54.6 Å². The molecule has 0 saturated carbocycles. The number of fused-ring (bicyclic) bond motifs is 1. The van der Waals surface area contributed by atoms with Crippen molar-refractivity contribution < 1.29 is 23.8 Å². The summed E-state index contributed by atoms with van der Waals surface area (Å²) in [5, 5.41) is 5.88. The van der Waals surface area contributed by atoms with Crippen LogP contribution in [-0.4, -0.2) is 55.1 Å². The lowest BCUT2D eigenvalue weighted by Gasteiger charge is -2.27. The Kier molecular flexibility index (Phi) is 5.83. The van der Waals surface area contributed by atoms with Crippen LogP contribution in [0.5, 0.6) is 0 Å². The first kappa shape index (κ1) is 21.5. The highest BCUT2D eigenvalue weighted by Gasteiger charge is 2.61. The molecule has 0 unspecified atom stereocenters. The van der Waals surface area contributed by atoms with Crippen molar-refractivity contribution in [2.75, 3.05) is 19.7 Å². The summed E-state index contributed by atoms with van der Waals surface area (Å²) in [5.41, 5.74) is 1.39. The molecule has 3 atom stereocenters. The summed E-state index contributed by atoms with van der Waals surface area (Å²) in [7, 11) is 0. The fourth-order valence-electron chi connectivity index (χ4n) is 4.20. The van der Waals surface area contributed by atoms with Gasteiger partial charge in [0.1, 0.15) is 17.8 Å². The Balaban J connectivity index is 1.41. The highest BCUT2D eigenvalue weighted by atomic mass is 16.8. The predicted molar refractivity (Wildman–Crippen MR) is 115 cm³/mol. The Bertz CT molecular complexity index is 961. The number of amides is 2. The molecule has 2 N–H and O–H groups in total. The van der Waals surface area contributed by atoms with Crippen molar-refractivity contribution in [2.45, 2.75) is 44.4 Å². The van der Waals surface area contributed by atoms with Crippen LogP contribution in [0.25, 0.3) is 0 Å². The van der Waals surface area contributed by atoms with E-state index in [9.17, 15) is 9.59 Å². The van der Waals surface area contributed by atoms with E-state index < -0.39 is 17.5 Å². The van der Waals surface area contributed by atoms with E-state index in [0.29, 0.717) is 11.1 Å². The first-order valence-electron chi connectivity index (χ1n) is 10.5. The van der Waals surface area contributed by atoms with Gasteiger partial charge in [0, 0.05) is 17.7 Å². The minimum Gasteiger partial charge on any atom is -0.370 e. The molecular weight excluding hydrogens is 396 g/mol. The van der Waals surface area contributed by atoms with Crippen molar-refractivity contribution in [1.29, 1.82) is 0 Å². The first-order chi connectivity index (χ1) is 14.8. The molecule has 2 aliphatic heterocycles. The topological polar surface area (TPSA) is 85.9 Å². The number of carbonyl (C=O) groups excluding carboxylic acids is 2. The smallest absolute Gasteiger partial charge is 0.251 e. The molecule has 0 bridgehead atoms. The zero-order valence-corrected chi connectivity index (χ0v) is 18.0. The van der Waals surface area contributed by atoms with Crippen LogP contribution in [0.2, 0.25) is 0 Å². The van der Waals surface area contributed by atoms with Gasteiger partial charge in [-0.05, 0) is 45.0 Å². The SMILES string of the molecule is Cc1cccc(C(=O)NC[C@H]2OC[C@]3(CNC(=O)c4ccccc4)OC(C)(C)O[C@H]23)c1. The van der Waals surface area contributed by atoms with E-state index in [4.69, 9.17) is 14.2 Å². The van der Waals surface area contributed by atoms with E-state index in [1.165, 1.54) is 0 Å². The lowest BCUT2D eigenvalue weighted by molar-refractivity contribution is -0.188. The van der Waals surface area contributed by atoms with Crippen molar-refractivity contribution in [3.8, 4) is 0 Å². The molecule has 2 amide bonds. The summed E-state index contributed by atoms with van der Waals surface area (Å²) in [5.74, 6) is -1.16. The largest absolute Gasteiger partial charge is 0.370 e. The molecule has 0 radical (unpaired) electrons. The summed E-state index contributed by atoms with van der Waals surface area (Å²) in [6, 6.07) is 16.4. The zero-order valence-electron chi connectivity index (χ0n) is 18.0. The molecule has 7 heteroatoms. The number of hydrogen-bond acceptors (Lipinski definition) is 5. The summed E-state index contributed by atoms with van der Waals surface area (Å²) in [6.45, 7) is 6.42. The van der Waals surface area contributed by atoms with Crippen LogP contribution in [0.3, 0.4) is 0 Å².